The SMILES string of the molecule is CC(C)(C)N(C(=O)OCC#Cc1sc2c(N[C@@H]3CCN(C4CCOCC4)C[C@@H]3F)cccc2c1CC(F)(F)F)c1ccc(P(C)(C)=O)cc1OC1CC1. The molecule has 6 rings (SSSR count). The number of piperidine rings is 1. The average molecular weight is 778 g/mol. The Morgan fingerprint density at radius 1 is 1.09 bits per heavy atom. The number of ether oxygens (including phenoxy) is 3. The van der Waals surface area contributed by atoms with E-state index in [2.05, 4.69) is 22.1 Å². The molecule has 1 aliphatic carbocycles. The maximum absolute atomic E-state index is 15.5. The maximum atomic E-state index is 15.5. The van der Waals surface area contributed by atoms with E-state index in [0.717, 1.165) is 43.6 Å². The highest BCUT2D eigenvalue weighted by molar-refractivity contribution is 7.70. The molecule has 2 aromatic carbocycles. The van der Waals surface area contributed by atoms with Gasteiger partial charge in [0, 0.05) is 43.2 Å². The smallest absolute Gasteiger partial charge is 0.415 e. The molecule has 1 saturated carbocycles. The van der Waals surface area contributed by atoms with Gasteiger partial charge in [-0.05, 0) is 101 Å². The largest absolute Gasteiger partial charge is 0.488 e. The molecule has 2 saturated heterocycles. The predicted octanol–water partition coefficient (Wildman–Crippen LogP) is 8.59. The summed E-state index contributed by atoms with van der Waals surface area (Å²) in [5.41, 5.74) is 0.306. The molecule has 3 aliphatic rings. The Labute approximate surface area is 312 Å². The zero-order valence-electron chi connectivity index (χ0n) is 30.9. The molecule has 1 amide bonds. The van der Waals surface area contributed by atoms with Gasteiger partial charge in [-0.1, -0.05) is 24.0 Å². The van der Waals surface area contributed by atoms with Crippen molar-refractivity contribution in [3.63, 3.8) is 0 Å². The van der Waals surface area contributed by atoms with Crippen LogP contribution in [0.2, 0.25) is 0 Å². The summed E-state index contributed by atoms with van der Waals surface area (Å²) in [4.78, 5) is 17.5. The number of thiophene rings is 1. The molecule has 0 spiro atoms. The lowest BCUT2D eigenvalue weighted by molar-refractivity contribution is -0.126. The third-order valence-electron chi connectivity index (χ3n) is 9.76. The van der Waals surface area contributed by atoms with Gasteiger partial charge in [0.15, 0.2) is 6.61 Å². The maximum Gasteiger partial charge on any atom is 0.415 e. The van der Waals surface area contributed by atoms with E-state index in [-0.39, 0.29) is 23.2 Å². The third kappa shape index (κ3) is 9.88. The van der Waals surface area contributed by atoms with E-state index in [9.17, 15) is 22.5 Å². The topological polar surface area (TPSA) is 80.3 Å². The highest BCUT2D eigenvalue weighted by atomic mass is 32.1. The lowest BCUT2D eigenvalue weighted by Crippen LogP contribution is -2.52. The number of halogens is 4. The van der Waals surface area contributed by atoms with Gasteiger partial charge in [-0.2, -0.15) is 13.2 Å². The standard InChI is InChI=1S/C39H48F4N3O5PS/c1-38(2,3)46(33-14-13-27(52(4,5)48)22-34(33)51-26-11-12-26)37(47)50-19-7-10-35-29(23-39(41,42)43)28-8-6-9-32(36(28)53-35)44-31-15-18-45(24-30(31)40)25-16-20-49-21-17-25/h6,8-9,13-14,22,25-26,30-31,44H,11-12,15-21,23-24H2,1-5H3/t30-,31+/m0/s1. The number of amides is 1. The Balaban J connectivity index is 1.21. The van der Waals surface area contributed by atoms with Gasteiger partial charge >= 0.3 is 12.3 Å². The van der Waals surface area contributed by atoms with Gasteiger partial charge < -0.3 is 24.1 Å². The zero-order valence-corrected chi connectivity index (χ0v) is 32.6. The van der Waals surface area contributed by atoms with Crippen LogP contribution in [0.3, 0.4) is 0 Å². The minimum Gasteiger partial charge on any atom is -0.488 e. The fraction of sp³-hybridized carbons (Fsp3) is 0.564. The van der Waals surface area contributed by atoms with Crippen molar-refractivity contribution in [2.24, 2.45) is 0 Å². The van der Waals surface area contributed by atoms with Crippen molar-refractivity contribution in [2.45, 2.75) is 95.4 Å². The molecule has 288 valence electrons. The van der Waals surface area contributed by atoms with Crippen LogP contribution in [-0.2, 0) is 20.5 Å². The molecular weight excluding hydrogens is 729 g/mol. The lowest BCUT2D eigenvalue weighted by Gasteiger charge is -2.41. The van der Waals surface area contributed by atoms with E-state index in [4.69, 9.17) is 14.2 Å². The van der Waals surface area contributed by atoms with E-state index >= 15 is 4.39 Å². The monoisotopic (exact) mass is 777 g/mol. The molecule has 0 radical (unpaired) electrons. The van der Waals surface area contributed by atoms with Crippen molar-refractivity contribution in [2.75, 3.05) is 56.5 Å². The molecule has 1 aromatic heterocycles. The van der Waals surface area contributed by atoms with E-state index in [1.54, 1.807) is 49.7 Å². The van der Waals surface area contributed by atoms with Crippen LogP contribution in [0.5, 0.6) is 5.75 Å². The normalized spacial score (nSPS) is 20.5. The summed E-state index contributed by atoms with van der Waals surface area (Å²) in [6, 6.07) is 10.0. The Bertz CT molecular complexity index is 1900. The van der Waals surface area contributed by atoms with Crippen molar-refractivity contribution >= 4 is 51.3 Å². The second kappa shape index (κ2) is 15.8. The van der Waals surface area contributed by atoms with Crippen molar-refractivity contribution in [3.8, 4) is 17.6 Å². The fourth-order valence-electron chi connectivity index (χ4n) is 6.93. The number of nitrogens with zero attached hydrogens (tertiary/aromatic N) is 2. The zero-order chi connectivity index (χ0) is 38.1. The molecular formula is C39H48F4N3O5PS. The first-order valence-corrected chi connectivity index (χ1v) is 21.6. The van der Waals surface area contributed by atoms with Crippen LogP contribution < -0.4 is 20.3 Å². The number of carbonyl (C=O) groups excluding carboxylic acids is 1. The van der Waals surface area contributed by atoms with Crippen LogP contribution in [0.25, 0.3) is 10.1 Å². The number of nitrogens with one attached hydrogen (secondary N) is 1. The molecule has 1 N–H and O–H groups in total. The van der Waals surface area contributed by atoms with Crippen molar-refractivity contribution in [1.82, 2.24) is 4.90 Å². The predicted molar refractivity (Wildman–Crippen MR) is 204 cm³/mol. The first-order chi connectivity index (χ1) is 25.0. The summed E-state index contributed by atoms with van der Waals surface area (Å²) >= 11 is 1.11. The quantitative estimate of drug-likeness (QED) is 0.133. The molecule has 53 heavy (non-hydrogen) atoms. The van der Waals surface area contributed by atoms with Gasteiger partial charge in [0.1, 0.15) is 19.1 Å². The molecule has 3 fully saturated rings. The highest BCUT2D eigenvalue weighted by Crippen LogP contribution is 2.43. The molecule has 3 heterocycles. The minimum atomic E-state index is -4.49. The molecule has 14 heteroatoms. The number of anilines is 2. The van der Waals surface area contributed by atoms with Crippen LogP contribution in [0.1, 0.15) is 63.3 Å². The Morgan fingerprint density at radius 3 is 2.47 bits per heavy atom. The van der Waals surface area contributed by atoms with Gasteiger partial charge in [0.05, 0.1) is 39.5 Å². The number of carbonyl (C=O) groups is 1. The molecule has 2 aliphatic heterocycles. The number of alkyl halides is 4. The Kier molecular flexibility index (Phi) is 11.8. The van der Waals surface area contributed by atoms with Crippen molar-refractivity contribution in [1.29, 1.82) is 0 Å². The van der Waals surface area contributed by atoms with Crippen molar-refractivity contribution < 1.29 is 41.1 Å². The second-order valence-electron chi connectivity index (χ2n) is 15.5. The Morgan fingerprint density at radius 2 is 1.83 bits per heavy atom. The Hall–Kier alpha value is -3.30. The average Bonchev–Trinajstić information content (AvgIpc) is 3.83. The number of benzene rings is 2. The van der Waals surface area contributed by atoms with Crippen LogP contribution in [-0.4, -0.2) is 93.3 Å². The number of rotatable bonds is 9. The number of hydrogen-bond acceptors (Lipinski definition) is 8. The van der Waals surface area contributed by atoms with Gasteiger partial charge in [0.2, 0.25) is 0 Å². The highest BCUT2D eigenvalue weighted by Gasteiger charge is 2.36. The minimum absolute atomic E-state index is 0.0114. The summed E-state index contributed by atoms with van der Waals surface area (Å²) < 4.78 is 87.8. The first-order valence-electron chi connectivity index (χ1n) is 18.1. The van der Waals surface area contributed by atoms with Gasteiger partial charge in [0.25, 0.3) is 0 Å². The molecule has 3 aromatic rings. The number of likely N-dealkylation sites (tertiary alicyclic amines) is 1. The summed E-state index contributed by atoms with van der Waals surface area (Å²) in [5, 5.41) is 4.34. The number of hydrogen-bond donors (Lipinski definition) is 1. The summed E-state index contributed by atoms with van der Waals surface area (Å²) in [5.74, 6) is 6.05. The van der Waals surface area contributed by atoms with Crippen LogP contribution in [0.15, 0.2) is 36.4 Å². The van der Waals surface area contributed by atoms with Gasteiger partial charge in [-0.15, -0.1) is 11.3 Å². The molecule has 8 nitrogen and oxygen atoms in total. The van der Waals surface area contributed by atoms with Crippen LogP contribution in [0.4, 0.5) is 33.7 Å². The number of fused-ring (bicyclic) bond motifs is 1. The second-order valence-corrected chi connectivity index (χ2v) is 19.7. The van der Waals surface area contributed by atoms with E-state index in [0.29, 0.717) is 64.7 Å². The third-order valence-corrected chi connectivity index (χ3v) is 12.5. The van der Waals surface area contributed by atoms with Gasteiger partial charge in [-0.25, -0.2) is 9.18 Å². The summed E-state index contributed by atoms with van der Waals surface area (Å²) in [7, 11) is -2.61. The van der Waals surface area contributed by atoms with Crippen LogP contribution in [0, 0.1) is 11.8 Å². The fourth-order valence-corrected chi connectivity index (χ4v) is 8.96. The molecule has 2 atom stereocenters. The van der Waals surface area contributed by atoms with E-state index < -0.39 is 43.6 Å². The van der Waals surface area contributed by atoms with E-state index in [1.807, 2.05) is 20.8 Å². The van der Waals surface area contributed by atoms with E-state index in [1.165, 1.54) is 4.90 Å². The van der Waals surface area contributed by atoms with Crippen LogP contribution >= 0.6 is 18.5 Å². The van der Waals surface area contributed by atoms with Gasteiger partial charge in [-0.3, -0.25) is 9.80 Å². The molecule has 0 unspecified atom stereocenters. The summed E-state index contributed by atoms with van der Waals surface area (Å²) in [6.45, 7) is 10.9. The summed E-state index contributed by atoms with van der Waals surface area (Å²) in [6.07, 6.45) is -3.43. The molecule has 0 bridgehead atoms. The lowest BCUT2D eigenvalue weighted by atomic mass is 9.98. The van der Waals surface area contributed by atoms with Crippen molar-refractivity contribution in [3.05, 3.63) is 46.8 Å². The first kappa shape index (κ1) is 39.4.